The zero-order valence-electron chi connectivity index (χ0n) is 12.4. The standard InChI is InChI=1S/C14H25N3O4/c1-9-4-6-14(8-15,7-5-9)13(21)17-10(12(19)20)2-3-11(16)18/h9-10H,2-8,15H2,1H3,(H2,16,18)(H,17,21)(H,19,20)/t9?,10-,14?/m1/s1. The van der Waals surface area contributed by atoms with Gasteiger partial charge in [-0.15, -0.1) is 0 Å². The van der Waals surface area contributed by atoms with Gasteiger partial charge in [0, 0.05) is 13.0 Å². The van der Waals surface area contributed by atoms with Crippen LogP contribution < -0.4 is 16.8 Å². The smallest absolute Gasteiger partial charge is 0.326 e. The van der Waals surface area contributed by atoms with Crippen LogP contribution in [-0.2, 0) is 14.4 Å². The lowest BCUT2D eigenvalue weighted by Gasteiger charge is -2.37. The highest BCUT2D eigenvalue weighted by molar-refractivity contribution is 5.88. The molecule has 21 heavy (non-hydrogen) atoms. The van der Waals surface area contributed by atoms with E-state index in [1.807, 2.05) is 0 Å². The Morgan fingerprint density at radius 1 is 1.33 bits per heavy atom. The van der Waals surface area contributed by atoms with Crippen molar-refractivity contribution in [2.75, 3.05) is 6.54 Å². The largest absolute Gasteiger partial charge is 0.480 e. The van der Waals surface area contributed by atoms with Gasteiger partial charge in [-0.05, 0) is 38.0 Å². The fourth-order valence-corrected chi connectivity index (χ4v) is 2.69. The maximum Gasteiger partial charge on any atom is 0.326 e. The van der Waals surface area contributed by atoms with E-state index in [9.17, 15) is 14.4 Å². The summed E-state index contributed by atoms with van der Waals surface area (Å²) < 4.78 is 0. The molecule has 120 valence electrons. The third-order valence-electron chi connectivity index (χ3n) is 4.39. The van der Waals surface area contributed by atoms with E-state index in [1.165, 1.54) is 0 Å². The molecule has 6 N–H and O–H groups in total. The summed E-state index contributed by atoms with van der Waals surface area (Å²) in [5.74, 6) is -1.52. The van der Waals surface area contributed by atoms with Gasteiger partial charge in [-0.25, -0.2) is 4.79 Å². The van der Waals surface area contributed by atoms with Gasteiger partial charge in [-0.1, -0.05) is 6.92 Å². The number of nitrogens with two attached hydrogens (primary N) is 2. The first-order valence-electron chi connectivity index (χ1n) is 7.33. The average Bonchev–Trinajstić information content (AvgIpc) is 2.43. The molecule has 0 bridgehead atoms. The van der Waals surface area contributed by atoms with Crippen molar-refractivity contribution in [3.8, 4) is 0 Å². The molecular weight excluding hydrogens is 274 g/mol. The van der Waals surface area contributed by atoms with Gasteiger partial charge in [-0.3, -0.25) is 9.59 Å². The summed E-state index contributed by atoms with van der Waals surface area (Å²) in [5, 5.41) is 11.7. The second kappa shape index (κ2) is 7.40. The molecule has 1 aliphatic carbocycles. The highest BCUT2D eigenvalue weighted by atomic mass is 16.4. The van der Waals surface area contributed by atoms with Crippen molar-refractivity contribution in [2.24, 2.45) is 22.8 Å². The predicted molar refractivity (Wildman–Crippen MR) is 77.1 cm³/mol. The molecule has 0 heterocycles. The molecule has 0 saturated heterocycles. The Bertz CT molecular complexity index is 403. The number of primary amides is 1. The van der Waals surface area contributed by atoms with Crippen LogP contribution in [0.1, 0.15) is 45.4 Å². The number of carboxylic acid groups (broad SMARTS) is 1. The minimum absolute atomic E-state index is 0.00649. The second-order valence-electron chi connectivity index (χ2n) is 6.04. The number of hydrogen-bond acceptors (Lipinski definition) is 4. The van der Waals surface area contributed by atoms with Gasteiger partial charge < -0.3 is 21.9 Å². The average molecular weight is 299 g/mol. The summed E-state index contributed by atoms with van der Waals surface area (Å²) in [7, 11) is 0. The molecule has 0 aromatic rings. The summed E-state index contributed by atoms with van der Waals surface area (Å²) >= 11 is 0. The molecule has 0 aliphatic heterocycles. The number of nitrogens with one attached hydrogen (secondary N) is 1. The zero-order chi connectivity index (χ0) is 16.0. The van der Waals surface area contributed by atoms with Crippen molar-refractivity contribution in [1.82, 2.24) is 5.32 Å². The van der Waals surface area contributed by atoms with E-state index in [-0.39, 0.29) is 25.3 Å². The van der Waals surface area contributed by atoms with Crippen LogP contribution in [0.15, 0.2) is 0 Å². The summed E-state index contributed by atoms with van der Waals surface area (Å²) in [6.07, 6.45) is 3.06. The zero-order valence-corrected chi connectivity index (χ0v) is 12.4. The Kier molecular flexibility index (Phi) is 6.14. The Balaban J connectivity index is 2.70. The maximum absolute atomic E-state index is 12.4. The number of carbonyl (C=O) groups is 3. The quantitative estimate of drug-likeness (QED) is 0.523. The topological polar surface area (TPSA) is 136 Å². The van der Waals surface area contributed by atoms with Crippen LogP contribution in [0.2, 0.25) is 0 Å². The van der Waals surface area contributed by atoms with Crippen LogP contribution in [0, 0.1) is 11.3 Å². The maximum atomic E-state index is 12.4. The van der Waals surface area contributed by atoms with E-state index in [4.69, 9.17) is 16.6 Å². The number of amides is 2. The number of hydrogen-bond donors (Lipinski definition) is 4. The van der Waals surface area contributed by atoms with E-state index in [0.717, 1.165) is 12.8 Å². The highest BCUT2D eigenvalue weighted by Gasteiger charge is 2.41. The first-order valence-corrected chi connectivity index (χ1v) is 7.33. The van der Waals surface area contributed by atoms with Crippen molar-refractivity contribution < 1.29 is 19.5 Å². The van der Waals surface area contributed by atoms with Gasteiger partial charge in [0.2, 0.25) is 11.8 Å². The lowest BCUT2D eigenvalue weighted by atomic mass is 9.70. The molecular formula is C14H25N3O4. The molecule has 1 saturated carbocycles. The fraction of sp³-hybridized carbons (Fsp3) is 0.786. The molecule has 7 heteroatoms. The monoisotopic (exact) mass is 299 g/mol. The summed E-state index contributed by atoms with van der Waals surface area (Å²) in [4.78, 5) is 34.4. The fourth-order valence-electron chi connectivity index (χ4n) is 2.69. The molecule has 0 spiro atoms. The first-order chi connectivity index (χ1) is 9.80. The van der Waals surface area contributed by atoms with Crippen molar-refractivity contribution in [2.45, 2.75) is 51.5 Å². The van der Waals surface area contributed by atoms with Gasteiger partial charge in [0.1, 0.15) is 6.04 Å². The summed E-state index contributed by atoms with van der Waals surface area (Å²) in [6, 6.07) is -1.10. The summed E-state index contributed by atoms with van der Waals surface area (Å²) in [5.41, 5.74) is 10.1. The normalized spacial score (nSPS) is 26.9. The van der Waals surface area contributed by atoms with Crippen LogP contribution >= 0.6 is 0 Å². The van der Waals surface area contributed by atoms with E-state index in [2.05, 4.69) is 12.2 Å². The molecule has 1 fully saturated rings. The number of carboxylic acids is 1. The third kappa shape index (κ3) is 4.70. The van der Waals surface area contributed by atoms with Crippen molar-refractivity contribution in [1.29, 1.82) is 0 Å². The first kappa shape index (κ1) is 17.4. The van der Waals surface area contributed by atoms with Crippen LogP contribution in [0.3, 0.4) is 0 Å². The minimum atomic E-state index is -1.17. The molecule has 1 atom stereocenters. The van der Waals surface area contributed by atoms with Crippen molar-refractivity contribution in [3.63, 3.8) is 0 Å². The van der Waals surface area contributed by atoms with E-state index >= 15 is 0 Å². The van der Waals surface area contributed by atoms with E-state index in [1.54, 1.807) is 0 Å². The minimum Gasteiger partial charge on any atom is -0.480 e. The Morgan fingerprint density at radius 3 is 2.33 bits per heavy atom. The van der Waals surface area contributed by atoms with Crippen LogP contribution in [0.25, 0.3) is 0 Å². The molecule has 7 nitrogen and oxygen atoms in total. The second-order valence-corrected chi connectivity index (χ2v) is 6.04. The summed E-state index contributed by atoms with van der Waals surface area (Å²) in [6.45, 7) is 2.33. The van der Waals surface area contributed by atoms with Crippen LogP contribution in [-0.4, -0.2) is 35.5 Å². The van der Waals surface area contributed by atoms with Gasteiger partial charge in [0.05, 0.1) is 5.41 Å². The molecule has 0 aromatic carbocycles. The van der Waals surface area contributed by atoms with Gasteiger partial charge in [0.15, 0.2) is 0 Å². The molecule has 0 radical (unpaired) electrons. The van der Waals surface area contributed by atoms with Crippen LogP contribution in [0.4, 0.5) is 0 Å². The van der Waals surface area contributed by atoms with Crippen molar-refractivity contribution in [3.05, 3.63) is 0 Å². The van der Waals surface area contributed by atoms with Crippen molar-refractivity contribution >= 4 is 17.8 Å². The van der Waals surface area contributed by atoms with Gasteiger partial charge in [0.25, 0.3) is 0 Å². The molecule has 1 rings (SSSR count). The van der Waals surface area contributed by atoms with Gasteiger partial charge >= 0.3 is 5.97 Å². The SMILES string of the molecule is CC1CCC(CN)(C(=O)N[C@H](CCC(N)=O)C(=O)O)CC1. The third-order valence-corrected chi connectivity index (χ3v) is 4.39. The lowest BCUT2D eigenvalue weighted by molar-refractivity contribution is -0.145. The Hall–Kier alpha value is -1.63. The van der Waals surface area contributed by atoms with E-state index in [0.29, 0.717) is 18.8 Å². The number of carbonyl (C=O) groups excluding carboxylic acids is 2. The Labute approximate surface area is 124 Å². The number of rotatable bonds is 7. The predicted octanol–water partition coefficient (Wildman–Crippen LogP) is -0.0235. The van der Waals surface area contributed by atoms with E-state index < -0.39 is 23.3 Å². The molecule has 1 aliphatic rings. The van der Waals surface area contributed by atoms with Gasteiger partial charge in [-0.2, -0.15) is 0 Å². The number of aliphatic carboxylic acids is 1. The Morgan fingerprint density at radius 2 is 1.90 bits per heavy atom. The van der Waals surface area contributed by atoms with Crippen LogP contribution in [0.5, 0.6) is 0 Å². The highest BCUT2D eigenvalue weighted by Crippen LogP contribution is 2.38. The molecule has 0 unspecified atom stereocenters. The lowest BCUT2D eigenvalue weighted by Crippen LogP contribution is -2.52. The molecule has 0 aromatic heterocycles. The molecule has 2 amide bonds.